The number of hydrogen-bond donors (Lipinski definition) is 0. The molecule has 0 aromatic carbocycles. The van der Waals surface area contributed by atoms with Crippen molar-refractivity contribution in [1.82, 2.24) is 0 Å². The number of rotatable bonds is 4. The quantitative estimate of drug-likeness (QED) is 0.442. The molecule has 0 aliphatic heterocycles. The summed E-state index contributed by atoms with van der Waals surface area (Å²) >= 11 is 0. The summed E-state index contributed by atoms with van der Waals surface area (Å²) in [6, 6.07) is 0. The second-order valence-electron chi connectivity index (χ2n) is 3.44. The highest BCUT2D eigenvalue weighted by molar-refractivity contribution is 5.86. The highest BCUT2D eigenvalue weighted by atomic mass is 19.4. The summed E-state index contributed by atoms with van der Waals surface area (Å²) in [5, 5.41) is 0. The van der Waals surface area contributed by atoms with Gasteiger partial charge in [-0.25, -0.2) is 4.79 Å². The van der Waals surface area contributed by atoms with E-state index in [1.165, 1.54) is 6.92 Å². The van der Waals surface area contributed by atoms with Crippen LogP contribution in [0.4, 0.5) is 26.3 Å². The van der Waals surface area contributed by atoms with E-state index in [-0.39, 0.29) is 5.57 Å². The van der Waals surface area contributed by atoms with Gasteiger partial charge in [0.2, 0.25) is 0 Å². The number of ether oxygens (including phenoxy) is 1. The van der Waals surface area contributed by atoms with Crippen LogP contribution in [-0.2, 0) is 9.53 Å². The molecule has 0 radical (unpaired) electrons. The Hall–Kier alpha value is -1.21. The summed E-state index contributed by atoms with van der Waals surface area (Å²) in [5.74, 6) is -3.91. The third-order valence-electron chi connectivity index (χ3n) is 1.70. The predicted molar refractivity (Wildman–Crippen MR) is 46.0 cm³/mol. The third kappa shape index (κ3) is 6.85. The molecule has 0 aliphatic carbocycles. The Morgan fingerprint density at radius 3 is 2.00 bits per heavy atom. The average Bonchev–Trinajstić information content (AvgIpc) is 2.07. The van der Waals surface area contributed by atoms with Gasteiger partial charge in [0.05, 0.1) is 12.3 Å². The Balaban J connectivity index is 4.53. The molecule has 0 rings (SSSR count). The second-order valence-corrected chi connectivity index (χ2v) is 3.44. The van der Waals surface area contributed by atoms with Crippen LogP contribution in [0.3, 0.4) is 0 Å². The zero-order valence-corrected chi connectivity index (χ0v) is 8.78. The molecule has 0 amide bonds. The molecule has 1 atom stereocenters. The Labute approximate surface area is 93.2 Å². The van der Waals surface area contributed by atoms with E-state index in [9.17, 15) is 31.1 Å². The molecular weight excluding hydrogens is 254 g/mol. The van der Waals surface area contributed by atoms with E-state index >= 15 is 0 Å². The largest absolute Gasteiger partial charge is 0.462 e. The Morgan fingerprint density at radius 1 is 1.24 bits per heavy atom. The van der Waals surface area contributed by atoms with E-state index in [1.54, 1.807) is 0 Å². The molecule has 0 aliphatic rings. The molecule has 100 valence electrons. The Bertz CT molecular complexity index is 291. The zero-order chi connectivity index (χ0) is 13.9. The number of alkyl halides is 6. The minimum absolute atomic E-state index is 0.182. The van der Waals surface area contributed by atoms with Crippen molar-refractivity contribution in [3.63, 3.8) is 0 Å². The first-order valence-electron chi connectivity index (χ1n) is 4.39. The van der Waals surface area contributed by atoms with E-state index in [0.29, 0.717) is 0 Å². The summed E-state index contributed by atoms with van der Waals surface area (Å²) < 4.78 is 76.2. The van der Waals surface area contributed by atoms with Crippen molar-refractivity contribution in [1.29, 1.82) is 0 Å². The normalized spacial score (nSPS) is 14.3. The summed E-state index contributed by atoms with van der Waals surface area (Å²) in [4.78, 5) is 10.8. The Morgan fingerprint density at radius 2 is 1.71 bits per heavy atom. The lowest BCUT2D eigenvalue weighted by Gasteiger charge is -2.21. The number of hydrogen-bond acceptors (Lipinski definition) is 2. The molecule has 1 unspecified atom stereocenters. The summed E-state index contributed by atoms with van der Waals surface area (Å²) in [6.07, 6.45) is -12.1. The molecule has 0 saturated heterocycles. The fourth-order valence-corrected chi connectivity index (χ4v) is 0.848. The molecule has 0 aromatic heterocycles. The van der Waals surface area contributed by atoms with Crippen molar-refractivity contribution in [2.24, 2.45) is 5.92 Å². The number of esters is 1. The first-order chi connectivity index (χ1) is 7.43. The number of carbonyl (C=O) groups is 1. The van der Waals surface area contributed by atoms with Crippen LogP contribution < -0.4 is 0 Å². The smallest absolute Gasteiger partial charge is 0.395 e. The standard InChI is InChI=1S/C9H10F6O2/c1-5(2)7(16)17-4-6(9(13,14)15)3-8(10,11)12/h6H,1,3-4H2,2H3. The fraction of sp³-hybridized carbons (Fsp3) is 0.667. The van der Waals surface area contributed by atoms with Crippen molar-refractivity contribution in [3.05, 3.63) is 12.2 Å². The van der Waals surface area contributed by atoms with Crippen LogP contribution in [0.1, 0.15) is 13.3 Å². The van der Waals surface area contributed by atoms with E-state index in [1.807, 2.05) is 0 Å². The highest BCUT2D eigenvalue weighted by Crippen LogP contribution is 2.35. The maximum Gasteiger partial charge on any atom is 0.395 e. The lowest BCUT2D eigenvalue weighted by molar-refractivity contribution is -0.228. The monoisotopic (exact) mass is 264 g/mol. The van der Waals surface area contributed by atoms with Gasteiger partial charge in [0, 0.05) is 5.57 Å². The van der Waals surface area contributed by atoms with Crippen molar-refractivity contribution in [2.75, 3.05) is 6.61 Å². The van der Waals surface area contributed by atoms with Crippen LogP contribution in [0.5, 0.6) is 0 Å². The first-order valence-corrected chi connectivity index (χ1v) is 4.39. The zero-order valence-electron chi connectivity index (χ0n) is 8.78. The minimum atomic E-state index is -5.08. The maximum atomic E-state index is 12.2. The highest BCUT2D eigenvalue weighted by Gasteiger charge is 2.47. The molecule has 0 heterocycles. The fourth-order valence-electron chi connectivity index (χ4n) is 0.848. The van der Waals surface area contributed by atoms with Gasteiger partial charge < -0.3 is 4.74 Å². The molecule has 0 N–H and O–H groups in total. The van der Waals surface area contributed by atoms with Gasteiger partial charge in [-0.3, -0.25) is 0 Å². The number of halogens is 6. The molecule has 17 heavy (non-hydrogen) atoms. The molecule has 0 aromatic rings. The minimum Gasteiger partial charge on any atom is -0.462 e. The third-order valence-corrected chi connectivity index (χ3v) is 1.70. The molecule has 8 heteroatoms. The summed E-state index contributed by atoms with van der Waals surface area (Å²) in [5.41, 5.74) is -0.182. The Kier molecular flexibility index (Phi) is 5.03. The van der Waals surface area contributed by atoms with Crippen LogP contribution in [-0.4, -0.2) is 24.9 Å². The summed E-state index contributed by atoms with van der Waals surface area (Å²) in [7, 11) is 0. The van der Waals surface area contributed by atoms with Crippen LogP contribution in [0.15, 0.2) is 12.2 Å². The average molecular weight is 264 g/mol. The lowest BCUT2D eigenvalue weighted by Crippen LogP contribution is -2.33. The SMILES string of the molecule is C=C(C)C(=O)OCC(CC(F)(F)F)C(F)(F)F. The molecule has 2 nitrogen and oxygen atoms in total. The lowest BCUT2D eigenvalue weighted by atomic mass is 10.1. The van der Waals surface area contributed by atoms with Gasteiger partial charge in [0.1, 0.15) is 6.61 Å². The first kappa shape index (κ1) is 15.8. The predicted octanol–water partition coefficient (Wildman–Crippen LogP) is 3.24. The molecule has 0 saturated carbocycles. The van der Waals surface area contributed by atoms with Gasteiger partial charge in [-0.2, -0.15) is 26.3 Å². The van der Waals surface area contributed by atoms with E-state index in [0.717, 1.165) is 0 Å². The van der Waals surface area contributed by atoms with Crippen molar-refractivity contribution >= 4 is 5.97 Å². The van der Waals surface area contributed by atoms with Crippen LogP contribution in [0, 0.1) is 5.92 Å². The molecule has 0 bridgehead atoms. The van der Waals surface area contributed by atoms with Gasteiger partial charge >= 0.3 is 18.3 Å². The molecular formula is C9H10F6O2. The van der Waals surface area contributed by atoms with Crippen LogP contribution >= 0.6 is 0 Å². The van der Waals surface area contributed by atoms with E-state index in [4.69, 9.17) is 0 Å². The van der Waals surface area contributed by atoms with Crippen molar-refractivity contribution < 1.29 is 35.9 Å². The van der Waals surface area contributed by atoms with Crippen LogP contribution in [0.25, 0.3) is 0 Å². The van der Waals surface area contributed by atoms with E-state index < -0.39 is 37.3 Å². The molecule has 0 spiro atoms. The number of carbonyl (C=O) groups excluding carboxylic acids is 1. The topological polar surface area (TPSA) is 26.3 Å². The van der Waals surface area contributed by atoms with Gasteiger partial charge in [-0.1, -0.05) is 6.58 Å². The maximum absolute atomic E-state index is 12.2. The van der Waals surface area contributed by atoms with Gasteiger partial charge in [0.25, 0.3) is 0 Å². The van der Waals surface area contributed by atoms with Crippen LogP contribution in [0.2, 0.25) is 0 Å². The van der Waals surface area contributed by atoms with Gasteiger partial charge in [0.15, 0.2) is 0 Å². The van der Waals surface area contributed by atoms with Crippen molar-refractivity contribution in [3.8, 4) is 0 Å². The summed E-state index contributed by atoms with van der Waals surface area (Å²) in [6.45, 7) is 2.90. The van der Waals surface area contributed by atoms with Crippen molar-refractivity contribution in [2.45, 2.75) is 25.7 Å². The molecule has 0 fully saturated rings. The van der Waals surface area contributed by atoms with Gasteiger partial charge in [-0.05, 0) is 6.92 Å². The second kappa shape index (κ2) is 5.42. The van der Waals surface area contributed by atoms with E-state index in [2.05, 4.69) is 11.3 Å². The van der Waals surface area contributed by atoms with Gasteiger partial charge in [-0.15, -0.1) is 0 Å².